The second kappa shape index (κ2) is 5.08. The second-order valence-corrected chi connectivity index (χ2v) is 3.06. The average molecular weight is 155 g/mol. The Bertz CT molecular complexity index is 150. The van der Waals surface area contributed by atoms with Gasteiger partial charge in [0.15, 0.2) is 5.78 Å². The van der Waals surface area contributed by atoms with Gasteiger partial charge in [0.05, 0.1) is 6.54 Å². The van der Waals surface area contributed by atoms with Gasteiger partial charge in [0.2, 0.25) is 0 Å². The summed E-state index contributed by atoms with van der Waals surface area (Å²) in [4.78, 5) is 13.0. The Labute approximate surface area is 68.9 Å². The molecular weight excluding hydrogens is 138 g/mol. The molecule has 0 aliphatic heterocycles. The molecule has 0 aromatic rings. The summed E-state index contributed by atoms with van der Waals surface area (Å²) >= 11 is 0. The maximum atomic E-state index is 11.1. The molecule has 0 aromatic carbocycles. The van der Waals surface area contributed by atoms with Crippen molar-refractivity contribution in [1.29, 1.82) is 0 Å². The van der Waals surface area contributed by atoms with Crippen molar-refractivity contribution in [2.75, 3.05) is 20.6 Å². The van der Waals surface area contributed by atoms with Crippen LogP contribution in [-0.2, 0) is 4.79 Å². The molecule has 0 N–H and O–H groups in total. The quantitative estimate of drug-likeness (QED) is 0.560. The number of hydrogen-bond donors (Lipinski definition) is 0. The summed E-state index contributed by atoms with van der Waals surface area (Å²) in [5.74, 6) is 0.252. The van der Waals surface area contributed by atoms with Crippen molar-refractivity contribution in [3.05, 3.63) is 12.2 Å². The van der Waals surface area contributed by atoms with Gasteiger partial charge in [0, 0.05) is 6.42 Å². The van der Waals surface area contributed by atoms with Gasteiger partial charge < -0.3 is 4.90 Å². The molecule has 0 aromatic heterocycles. The largest absolute Gasteiger partial charge is 0.302 e. The molecule has 0 bridgehead atoms. The van der Waals surface area contributed by atoms with Crippen molar-refractivity contribution < 1.29 is 4.79 Å². The third-order valence-electron chi connectivity index (χ3n) is 1.44. The van der Waals surface area contributed by atoms with Crippen molar-refractivity contribution in [2.45, 2.75) is 19.8 Å². The minimum atomic E-state index is 0.252. The summed E-state index contributed by atoms with van der Waals surface area (Å²) in [5.41, 5.74) is 1.02. The molecule has 0 saturated carbocycles. The predicted octanol–water partition coefficient (Wildman–Crippen LogP) is 1.47. The van der Waals surface area contributed by atoms with Gasteiger partial charge in [-0.15, -0.1) is 0 Å². The van der Waals surface area contributed by atoms with E-state index < -0.39 is 0 Å². The van der Waals surface area contributed by atoms with E-state index in [9.17, 15) is 4.79 Å². The first-order chi connectivity index (χ1) is 5.06. The van der Waals surface area contributed by atoms with Crippen LogP contribution in [0.1, 0.15) is 19.8 Å². The third-order valence-corrected chi connectivity index (χ3v) is 1.44. The molecule has 0 radical (unpaired) electrons. The number of ketones is 1. The monoisotopic (exact) mass is 155 g/mol. The lowest BCUT2D eigenvalue weighted by Gasteiger charge is -2.08. The van der Waals surface area contributed by atoms with Crippen molar-refractivity contribution >= 4 is 5.78 Å². The Morgan fingerprint density at radius 2 is 2.00 bits per heavy atom. The zero-order valence-electron chi connectivity index (χ0n) is 7.68. The van der Waals surface area contributed by atoms with Gasteiger partial charge in [-0.2, -0.15) is 0 Å². The molecule has 0 amide bonds. The van der Waals surface area contributed by atoms with Gasteiger partial charge in [-0.25, -0.2) is 0 Å². The number of allylic oxidation sites excluding steroid dienone is 1. The van der Waals surface area contributed by atoms with Crippen LogP contribution < -0.4 is 0 Å². The van der Waals surface area contributed by atoms with Crippen LogP contribution >= 0.6 is 0 Å². The molecule has 0 aliphatic carbocycles. The maximum Gasteiger partial charge on any atom is 0.150 e. The molecule has 0 fully saturated rings. The highest BCUT2D eigenvalue weighted by Gasteiger charge is 2.03. The van der Waals surface area contributed by atoms with E-state index in [1.54, 1.807) is 0 Å². The first-order valence-electron chi connectivity index (χ1n) is 3.89. The van der Waals surface area contributed by atoms with Crippen molar-refractivity contribution in [3.8, 4) is 0 Å². The van der Waals surface area contributed by atoms with Crippen LogP contribution in [0.4, 0.5) is 0 Å². The predicted molar refractivity (Wildman–Crippen MR) is 47.6 cm³/mol. The minimum absolute atomic E-state index is 0.252. The molecule has 0 rings (SSSR count). The fourth-order valence-corrected chi connectivity index (χ4v) is 0.812. The van der Waals surface area contributed by atoms with Crippen molar-refractivity contribution in [1.82, 2.24) is 4.90 Å². The molecule has 2 nitrogen and oxygen atoms in total. The SMILES string of the molecule is C=C(CC)CC(=O)CN(C)C. The minimum Gasteiger partial charge on any atom is -0.302 e. The molecular formula is C9H17NO. The molecule has 0 saturated heterocycles. The standard InChI is InChI=1S/C9H17NO/c1-5-8(2)6-9(11)7-10(3)4/h2,5-7H2,1,3-4H3. The molecule has 2 heteroatoms. The zero-order chi connectivity index (χ0) is 8.85. The van der Waals surface area contributed by atoms with Crippen LogP contribution in [-0.4, -0.2) is 31.3 Å². The van der Waals surface area contributed by atoms with E-state index in [1.807, 2.05) is 25.9 Å². The van der Waals surface area contributed by atoms with Crippen LogP contribution in [0.15, 0.2) is 12.2 Å². The molecule has 0 unspecified atom stereocenters. The number of hydrogen-bond acceptors (Lipinski definition) is 2. The Hall–Kier alpha value is -0.630. The summed E-state index contributed by atoms with van der Waals surface area (Å²) in [6, 6.07) is 0. The van der Waals surface area contributed by atoms with Gasteiger partial charge in [0.1, 0.15) is 0 Å². The molecule has 0 atom stereocenters. The first-order valence-corrected chi connectivity index (χ1v) is 3.89. The van der Waals surface area contributed by atoms with E-state index >= 15 is 0 Å². The maximum absolute atomic E-state index is 11.1. The van der Waals surface area contributed by atoms with E-state index in [0.29, 0.717) is 13.0 Å². The normalized spacial score (nSPS) is 10.2. The molecule has 0 aliphatic rings. The lowest BCUT2D eigenvalue weighted by molar-refractivity contribution is -0.119. The van der Waals surface area contributed by atoms with Gasteiger partial charge in [-0.3, -0.25) is 4.79 Å². The summed E-state index contributed by atoms with van der Waals surface area (Å²) < 4.78 is 0. The first kappa shape index (κ1) is 10.4. The number of likely N-dealkylation sites (N-methyl/N-ethyl adjacent to an activating group) is 1. The Kier molecular flexibility index (Phi) is 4.79. The van der Waals surface area contributed by atoms with E-state index in [0.717, 1.165) is 12.0 Å². The topological polar surface area (TPSA) is 20.3 Å². The van der Waals surface area contributed by atoms with Gasteiger partial charge in [-0.1, -0.05) is 19.1 Å². The van der Waals surface area contributed by atoms with E-state index in [4.69, 9.17) is 0 Å². The van der Waals surface area contributed by atoms with E-state index in [-0.39, 0.29) is 5.78 Å². The molecule has 0 spiro atoms. The lowest BCUT2D eigenvalue weighted by atomic mass is 10.1. The number of rotatable bonds is 5. The number of carbonyl (C=O) groups is 1. The smallest absolute Gasteiger partial charge is 0.150 e. The zero-order valence-corrected chi connectivity index (χ0v) is 7.68. The lowest BCUT2D eigenvalue weighted by Crippen LogP contribution is -2.21. The van der Waals surface area contributed by atoms with Gasteiger partial charge in [0.25, 0.3) is 0 Å². The number of nitrogens with zero attached hydrogens (tertiary/aromatic N) is 1. The fourth-order valence-electron chi connectivity index (χ4n) is 0.812. The summed E-state index contributed by atoms with van der Waals surface area (Å²) in [6.45, 7) is 6.33. The van der Waals surface area contributed by atoms with Gasteiger partial charge >= 0.3 is 0 Å². The molecule has 11 heavy (non-hydrogen) atoms. The van der Waals surface area contributed by atoms with Crippen LogP contribution in [0.2, 0.25) is 0 Å². The number of Topliss-reactive ketones (excluding diaryl/α,β-unsaturated/α-hetero) is 1. The van der Waals surface area contributed by atoms with Crippen LogP contribution in [0.3, 0.4) is 0 Å². The van der Waals surface area contributed by atoms with Crippen molar-refractivity contribution in [3.63, 3.8) is 0 Å². The van der Waals surface area contributed by atoms with Crippen LogP contribution in [0.25, 0.3) is 0 Å². The molecule has 64 valence electrons. The highest BCUT2D eigenvalue weighted by Crippen LogP contribution is 2.03. The fraction of sp³-hybridized carbons (Fsp3) is 0.667. The van der Waals surface area contributed by atoms with Crippen LogP contribution in [0.5, 0.6) is 0 Å². The Morgan fingerprint density at radius 1 is 1.45 bits per heavy atom. The highest BCUT2D eigenvalue weighted by atomic mass is 16.1. The molecule has 0 heterocycles. The number of carbonyl (C=O) groups excluding carboxylic acids is 1. The van der Waals surface area contributed by atoms with Crippen molar-refractivity contribution in [2.24, 2.45) is 0 Å². The summed E-state index contributed by atoms with van der Waals surface area (Å²) in [5, 5.41) is 0. The van der Waals surface area contributed by atoms with E-state index in [2.05, 4.69) is 6.58 Å². The second-order valence-electron chi connectivity index (χ2n) is 3.06. The summed E-state index contributed by atoms with van der Waals surface area (Å²) in [7, 11) is 3.79. The van der Waals surface area contributed by atoms with Crippen LogP contribution in [0, 0.1) is 0 Å². The third kappa shape index (κ3) is 5.80. The highest BCUT2D eigenvalue weighted by molar-refractivity contribution is 5.82. The van der Waals surface area contributed by atoms with Gasteiger partial charge in [-0.05, 0) is 20.5 Å². The summed E-state index contributed by atoms with van der Waals surface area (Å²) in [6.07, 6.45) is 1.44. The average Bonchev–Trinajstić information content (AvgIpc) is 1.85. The Morgan fingerprint density at radius 3 is 2.36 bits per heavy atom. The Balaban J connectivity index is 3.61. The van der Waals surface area contributed by atoms with E-state index in [1.165, 1.54) is 0 Å².